The van der Waals surface area contributed by atoms with Crippen LogP contribution in [0.1, 0.15) is 39.5 Å². The summed E-state index contributed by atoms with van der Waals surface area (Å²) >= 11 is 0. The quantitative estimate of drug-likeness (QED) is 0.621. The molecule has 1 aliphatic heterocycles. The number of hydrogen-bond donors (Lipinski definition) is 2. The highest BCUT2D eigenvalue weighted by Crippen LogP contribution is 2.05. The van der Waals surface area contributed by atoms with Crippen molar-refractivity contribution in [2.75, 3.05) is 52.4 Å². The second-order valence-corrected chi connectivity index (χ2v) is 6.52. The van der Waals surface area contributed by atoms with Gasteiger partial charge in [0.2, 0.25) is 5.91 Å². The number of nitrogens with one attached hydrogen (secondary N) is 1. The molecule has 0 aromatic heterocycles. The van der Waals surface area contributed by atoms with Crippen LogP contribution in [0.15, 0.2) is 0 Å². The van der Waals surface area contributed by atoms with Crippen molar-refractivity contribution in [3.05, 3.63) is 0 Å². The Kier molecular flexibility index (Phi) is 9.63. The first-order valence-electron chi connectivity index (χ1n) is 8.53. The van der Waals surface area contributed by atoms with E-state index in [0.29, 0.717) is 12.5 Å². The molecule has 5 nitrogen and oxygen atoms in total. The Bertz CT molecular complexity index is 283. The largest absolute Gasteiger partial charge is 0.355 e. The maximum atomic E-state index is 11.9. The summed E-state index contributed by atoms with van der Waals surface area (Å²) in [5.74, 6) is 0.683. The first-order chi connectivity index (χ1) is 10.1. The molecule has 0 unspecified atom stereocenters. The van der Waals surface area contributed by atoms with Crippen LogP contribution in [0, 0.1) is 5.92 Å². The van der Waals surface area contributed by atoms with Crippen LogP contribution < -0.4 is 11.1 Å². The third kappa shape index (κ3) is 9.06. The van der Waals surface area contributed by atoms with Gasteiger partial charge in [-0.25, -0.2) is 0 Å². The lowest BCUT2D eigenvalue weighted by molar-refractivity contribution is -0.122. The Morgan fingerprint density at radius 2 is 1.81 bits per heavy atom. The van der Waals surface area contributed by atoms with Gasteiger partial charge in [-0.1, -0.05) is 20.3 Å². The van der Waals surface area contributed by atoms with E-state index in [1.54, 1.807) is 0 Å². The molecule has 1 amide bonds. The van der Waals surface area contributed by atoms with Crippen molar-refractivity contribution < 1.29 is 4.79 Å². The van der Waals surface area contributed by atoms with Gasteiger partial charge in [0, 0.05) is 19.6 Å². The van der Waals surface area contributed by atoms with Crippen molar-refractivity contribution in [1.29, 1.82) is 0 Å². The molecule has 1 aliphatic rings. The molecule has 1 fully saturated rings. The van der Waals surface area contributed by atoms with Crippen molar-refractivity contribution in [3.8, 4) is 0 Å². The Morgan fingerprint density at radius 3 is 2.52 bits per heavy atom. The first kappa shape index (κ1) is 18.4. The van der Waals surface area contributed by atoms with Crippen LogP contribution in [0.5, 0.6) is 0 Å². The first-order valence-corrected chi connectivity index (χ1v) is 8.53. The predicted octanol–water partition coefficient (Wildman–Crippen LogP) is 0.895. The van der Waals surface area contributed by atoms with Gasteiger partial charge >= 0.3 is 0 Å². The van der Waals surface area contributed by atoms with Gasteiger partial charge < -0.3 is 16.0 Å². The Morgan fingerprint density at radius 1 is 1.10 bits per heavy atom. The van der Waals surface area contributed by atoms with Crippen LogP contribution in [-0.4, -0.2) is 68.1 Å². The van der Waals surface area contributed by atoms with E-state index >= 15 is 0 Å². The summed E-state index contributed by atoms with van der Waals surface area (Å²) in [5.41, 5.74) is 5.52. The summed E-state index contributed by atoms with van der Waals surface area (Å²) in [6.07, 6.45) is 4.77. The van der Waals surface area contributed by atoms with Crippen molar-refractivity contribution in [2.24, 2.45) is 11.7 Å². The summed E-state index contributed by atoms with van der Waals surface area (Å²) < 4.78 is 0. The molecule has 0 atom stereocenters. The monoisotopic (exact) mass is 298 g/mol. The molecule has 3 N–H and O–H groups in total. The van der Waals surface area contributed by atoms with Crippen LogP contribution in [0.25, 0.3) is 0 Å². The molecule has 0 radical (unpaired) electrons. The zero-order valence-electron chi connectivity index (χ0n) is 13.9. The molecular formula is C16H34N4O. The molecular weight excluding hydrogens is 264 g/mol. The SMILES string of the molecule is CC(C)CNC(=O)CN1CCCN(CCCCCN)CC1. The maximum absolute atomic E-state index is 11.9. The van der Waals surface area contributed by atoms with Gasteiger partial charge in [-0.3, -0.25) is 9.69 Å². The average molecular weight is 298 g/mol. The predicted molar refractivity (Wildman–Crippen MR) is 88.3 cm³/mol. The van der Waals surface area contributed by atoms with E-state index in [2.05, 4.69) is 29.0 Å². The zero-order valence-corrected chi connectivity index (χ0v) is 13.9. The van der Waals surface area contributed by atoms with Gasteiger partial charge in [-0.05, 0) is 51.4 Å². The second kappa shape index (κ2) is 11.0. The van der Waals surface area contributed by atoms with E-state index in [1.807, 2.05) is 0 Å². The molecule has 5 heteroatoms. The summed E-state index contributed by atoms with van der Waals surface area (Å²) in [6.45, 7) is 11.8. The second-order valence-electron chi connectivity index (χ2n) is 6.52. The van der Waals surface area contributed by atoms with E-state index in [9.17, 15) is 4.79 Å². The van der Waals surface area contributed by atoms with Gasteiger partial charge in [0.1, 0.15) is 0 Å². The lowest BCUT2D eigenvalue weighted by atomic mass is 10.2. The van der Waals surface area contributed by atoms with Crippen LogP contribution in [-0.2, 0) is 4.79 Å². The van der Waals surface area contributed by atoms with E-state index in [-0.39, 0.29) is 5.91 Å². The number of carbonyl (C=O) groups is 1. The average Bonchev–Trinajstić information content (AvgIpc) is 2.67. The van der Waals surface area contributed by atoms with Crippen LogP contribution >= 0.6 is 0 Å². The third-order valence-electron chi connectivity index (χ3n) is 3.93. The van der Waals surface area contributed by atoms with Gasteiger partial charge in [-0.15, -0.1) is 0 Å². The fourth-order valence-corrected chi connectivity index (χ4v) is 2.64. The molecule has 0 saturated carbocycles. The lowest BCUT2D eigenvalue weighted by Crippen LogP contribution is -2.40. The van der Waals surface area contributed by atoms with Crippen molar-refractivity contribution in [2.45, 2.75) is 39.5 Å². The van der Waals surface area contributed by atoms with Crippen LogP contribution in [0.4, 0.5) is 0 Å². The molecule has 124 valence electrons. The molecule has 1 rings (SSSR count). The van der Waals surface area contributed by atoms with Gasteiger partial charge in [0.15, 0.2) is 0 Å². The number of rotatable bonds is 9. The minimum atomic E-state index is 0.167. The summed E-state index contributed by atoms with van der Waals surface area (Å²) in [5, 5.41) is 3.00. The summed E-state index contributed by atoms with van der Waals surface area (Å²) in [6, 6.07) is 0. The number of nitrogens with zero attached hydrogens (tertiary/aromatic N) is 2. The van der Waals surface area contributed by atoms with Crippen molar-refractivity contribution in [3.63, 3.8) is 0 Å². The van der Waals surface area contributed by atoms with Crippen molar-refractivity contribution in [1.82, 2.24) is 15.1 Å². The number of hydrogen-bond acceptors (Lipinski definition) is 4. The molecule has 0 aromatic carbocycles. The Hall–Kier alpha value is -0.650. The van der Waals surface area contributed by atoms with Crippen LogP contribution in [0.2, 0.25) is 0 Å². The highest BCUT2D eigenvalue weighted by atomic mass is 16.2. The topological polar surface area (TPSA) is 61.6 Å². The molecule has 0 bridgehead atoms. The lowest BCUT2D eigenvalue weighted by Gasteiger charge is -2.21. The summed E-state index contributed by atoms with van der Waals surface area (Å²) in [4.78, 5) is 16.7. The molecule has 0 aromatic rings. The minimum Gasteiger partial charge on any atom is -0.355 e. The molecule has 1 heterocycles. The number of nitrogens with two attached hydrogens (primary N) is 1. The number of amides is 1. The highest BCUT2D eigenvalue weighted by molar-refractivity contribution is 5.77. The Labute approximate surface area is 130 Å². The van der Waals surface area contributed by atoms with E-state index in [0.717, 1.165) is 52.1 Å². The smallest absolute Gasteiger partial charge is 0.234 e. The number of carbonyl (C=O) groups excluding carboxylic acids is 1. The zero-order chi connectivity index (χ0) is 15.5. The third-order valence-corrected chi connectivity index (χ3v) is 3.93. The van der Waals surface area contributed by atoms with Crippen molar-refractivity contribution >= 4 is 5.91 Å². The normalized spacial score (nSPS) is 17.9. The fourth-order valence-electron chi connectivity index (χ4n) is 2.64. The van der Waals surface area contributed by atoms with Crippen LogP contribution in [0.3, 0.4) is 0 Å². The molecule has 1 saturated heterocycles. The van der Waals surface area contributed by atoms with Gasteiger partial charge in [-0.2, -0.15) is 0 Å². The maximum Gasteiger partial charge on any atom is 0.234 e. The van der Waals surface area contributed by atoms with E-state index < -0.39 is 0 Å². The standard InChI is InChI=1S/C16H34N4O/c1-15(2)13-18-16(21)14-20-10-6-9-19(11-12-20)8-5-3-4-7-17/h15H,3-14,17H2,1-2H3,(H,18,21). The van der Waals surface area contributed by atoms with E-state index in [1.165, 1.54) is 19.4 Å². The summed E-state index contributed by atoms with van der Waals surface area (Å²) in [7, 11) is 0. The molecule has 0 spiro atoms. The highest BCUT2D eigenvalue weighted by Gasteiger charge is 2.16. The van der Waals surface area contributed by atoms with Gasteiger partial charge in [0.05, 0.1) is 6.54 Å². The molecule has 0 aliphatic carbocycles. The van der Waals surface area contributed by atoms with E-state index in [4.69, 9.17) is 5.73 Å². The molecule has 21 heavy (non-hydrogen) atoms. The Balaban J connectivity index is 2.18. The fraction of sp³-hybridized carbons (Fsp3) is 0.938. The number of unbranched alkanes of at least 4 members (excludes halogenated alkanes) is 2. The van der Waals surface area contributed by atoms with Gasteiger partial charge in [0.25, 0.3) is 0 Å². The minimum absolute atomic E-state index is 0.167.